The van der Waals surface area contributed by atoms with Crippen LogP contribution in [-0.2, 0) is 19.0 Å². The van der Waals surface area contributed by atoms with Gasteiger partial charge in [-0.1, -0.05) is 0 Å². The number of methoxy groups -OCH3 is 2. The lowest BCUT2D eigenvalue weighted by atomic mass is 9.82. The standard InChI is InChI=1S/C20H41N3O5/c1-16(23-13-9-12-22-11-8-10-21)18(3,14-26-6)28-19(4,15-27-7)20(5,25)17(2)24/h22,25H,8-15,21H2,1-7H3/t18-,19?,20-/m1/s1. The molecule has 0 fully saturated rings. The molecule has 0 aliphatic carbocycles. The molecule has 0 aromatic heterocycles. The maximum atomic E-state index is 12.1. The van der Waals surface area contributed by atoms with Crippen LogP contribution in [0.5, 0.6) is 0 Å². The van der Waals surface area contributed by atoms with Crippen LogP contribution in [0.2, 0.25) is 0 Å². The van der Waals surface area contributed by atoms with Crippen LogP contribution in [0.3, 0.4) is 0 Å². The normalized spacial score (nSPS) is 19.0. The number of aliphatic imine (C=N–C) groups is 1. The van der Waals surface area contributed by atoms with E-state index in [-0.39, 0.29) is 13.2 Å². The number of hydrogen-bond donors (Lipinski definition) is 3. The molecule has 0 bridgehead atoms. The van der Waals surface area contributed by atoms with Crippen molar-refractivity contribution in [1.82, 2.24) is 5.32 Å². The Kier molecular flexibility index (Phi) is 12.2. The second kappa shape index (κ2) is 12.6. The smallest absolute Gasteiger partial charge is 0.164 e. The van der Waals surface area contributed by atoms with Crippen molar-refractivity contribution < 1.29 is 24.1 Å². The maximum absolute atomic E-state index is 12.1. The first-order valence-corrected chi connectivity index (χ1v) is 9.84. The quantitative estimate of drug-likeness (QED) is 0.259. The van der Waals surface area contributed by atoms with Crippen molar-refractivity contribution in [2.45, 2.75) is 64.3 Å². The van der Waals surface area contributed by atoms with E-state index in [1.165, 1.54) is 21.0 Å². The number of hydrogen-bond acceptors (Lipinski definition) is 8. The van der Waals surface area contributed by atoms with Gasteiger partial charge in [-0.15, -0.1) is 0 Å². The number of rotatable bonds is 16. The number of aliphatic hydroxyl groups is 1. The average molecular weight is 404 g/mol. The minimum Gasteiger partial charge on any atom is -0.382 e. The summed E-state index contributed by atoms with van der Waals surface area (Å²) in [6.07, 6.45) is 1.83. The summed E-state index contributed by atoms with van der Waals surface area (Å²) in [5, 5.41) is 14.1. The largest absolute Gasteiger partial charge is 0.382 e. The van der Waals surface area contributed by atoms with Crippen molar-refractivity contribution in [3.05, 3.63) is 0 Å². The summed E-state index contributed by atoms with van der Waals surface area (Å²) in [6, 6.07) is 0. The molecule has 3 atom stereocenters. The average Bonchev–Trinajstić information content (AvgIpc) is 2.60. The van der Waals surface area contributed by atoms with Gasteiger partial charge in [0.15, 0.2) is 11.4 Å². The third-order valence-electron chi connectivity index (χ3n) is 5.19. The molecule has 28 heavy (non-hydrogen) atoms. The van der Waals surface area contributed by atoms with Crippen LogP contribution < -0.4 is 11.1 Å². The Morgan fingerprint density at radius 3 is 2.14 bits per heavy atom. The number of nitrogens with two attached hydrogens (primary N) is 1. The van der Waals surface area contributed by atoms with Crippen LogP contribution in [0.25, 0.3) is 0 Å². The zero-order valence-electron chi connectivity index (χ0n) is 18.8. The van der Waals surface area contributed by atoms with Crippen LogP contribution in [0.1, 0.15) is 47.5 Å². The molecule has 0 aliphatic heterocycles. The molecular weight excluding hydrogens is 362 g/mol. The van der Waals surface area contributed by atoms with Gasteiger partial charge in [0.05, 0.1) is 13.2 Å². The van der Waals surface area contributed by atoms with Crippen LogP contribution in [-0.4, -0.2) is 87.0 Å². The lowest BCUT2D eigenvalue weighted by Gasteiger charge is -2.46. The fraction of sp³-hybridized carbons (Fsp3) is 0.900. The van der Waals surface area contributed by atoms with Crippen LogP contribution >= 0.6 is 0 Å². The van der Waals surface area contributed by atoms with Gasteiger partial charge in [-0.3, -0.25) is 9.79 Å². The molecule has 0 radical (unpaired) electrons. The Hall–Kier alpha value is -0.900. The number of Topliss-reactive ketones (excluding diaryl/α,β-unsaturated/α-hetero) is 1. The van der Waals surface area contributed by atoms with Gasteiger partial charge in [-0.25, -0.2) is 0 Å². The number of nitrogens with one attached hydrogen (secondary N) is 1. The molecule has 0 rings (SSSR count). The maximum Gasteiger partial charge on any atom is 0.164 e. The summed E-state index contributed by atoms with van der Waals surface area (Å²) in [4.78, 5) is 16.7. The highest BCUT2D eigenvalue weighted by atomic mass is 16.6. The van der Waals surface area contributed by atoms with Gasteiger partial charge in [0.25, 0.3) is 0 Å². The highest BCUT2D eigenvalue weighted by Crippen LogP contribution is 2.33. The minimum absolute atomic E-state index is 0.0389. The van der Waals surface area contributed by atoms with Crippen molar-refractivity contribution >= 4 is 11.5 Å². The molecule has 0 aromatic carbocycles. The summed E-state index contributed by atoms with van der Waals surface area (Å²) < 4.78 is 16.9. The topological polar surface area (TPSA) is 115 Å². The first-order chi connectivity index (χ1) is 13.0. The molecule has 4 N–H and O–H groups in total. The van der Waals surface area contributed by atoms with E-state index in [0.717, 1.165) is 31.6 Å². The molecular formula is C20H41N3O5. The van der Waals surface area contributed by atoms with Gasteiger partial charge in [-0.05, 0) is 67.1 Å². The number of ether oxygens (including phenoxy) is 3. The Morgan fingerprint density at radius 2 is 1.64 bits per heavy atom. The number of carbonyl (C=O) groups is 1. The van der Waals surface area contributed by atoms with Gasteiger partial charge in [0.1, 0.15) is 11.2 Å². The molecule has 0 heterocycles. The van der Waals surface area contributed by atoms with Crippen molar-refractivity contribution in [1.29, 1.82) is 0 Å². The van der Waals surface area contributed by atoms with Gasteiger partial charge < -0.3 is 30.4 Å². The molecule has 0 amide bonds. The second-order valence-electron chi connectivity index (χ2n) is 7.77. The van der Waals surface area contributed by atoms with Crippen molar-refractivity contribution in [2.75, 3.05) is 53.6 Å². The van der Waals surface area contributed by atoms with E-state index in [1.807, 2.05) is 13.8 Å². The van der Waals surface area contributed by atoms with Gasteiger partial charge in [0, 0.05) is 26.5 Å². The van der Waals surface area contributed by atoms with E-state index < -0.39 is 22.6 Å². The third-order valence-corrected chi connectivity index (χ3v) is 5.19. The molecule has 1 unspecified atom stereocenters. The number of ketones is 1. The Balaban J connectivity index is 5.29. The predicted octanol–water partition coefficient (Wildman–Crippen LogP) is 0.943. The van der Waals surface area contributed by atoms with E-state index in [1.54, 1.807) is 14.0 Å². The fourth-order valence-corrected chi connectivity index (χ4v) is 2.87. The van der Waals surface area contributed by atoms with Gasteiger partial charge in [0.2, 0.25) is 0 Å². The predicted molar refractivity (Wildman–Crippen MR) is 112 cm³/mol. The molecule has 166 valence electrons. The number of carbonyl (C=O) groups excluding carboxylic acids is 1. The Morgan fingerprint density at radius 1 is 1.07 bits per heavy atom. The van der Waals surface area contributed by atoms with E-state index in [2.05, 4.69) is 10.3 Å². The van der Waals surface area contributed by atoms with Crippen LogP contribution in [0, 0.1) is 0 Å². The SMILES string of the molecule is COCC(C)(O[C@](C)(COC)C(C)=NCCCNCCCN)[C@](C)(O)C(C)=O. The Labute approximate surface area is 170 Å². The summed E-state index contributed by atoms with van der Waals surface area (Å²) >= 11 is 0. The third kappa shape index (κ3) is 7.85. The second-order valence-corrected chi connectivity index (χ2v) is 7.77. The zero-order chi connectivity index (χ0) is 21.8. The number of nitrogens with zero attached hydrogens (tertiary/aromatic N) is 1. The lowest BCUT2D eigenvalue weighted by Crippen LogP contribution is -2.63. The zero-order valence-corrected chi connectivity index (χ0v) is 18.8. The minimum atomic E-state index is -1.73. The van der Waals surface area contributed by atoms with Crippen molar-refractivity contribution in [3.8, 4) is 0 Å². The summed E-state index contributed by atoms with van der Waals surface area (Å²) in [7, 11) is 3.08. The lowest BCUT2D eigenvalue weighted by molar-refractivity contribution is -0.226. The first-order valence-electron chi connectivity index (χ1n) is 9.84. The highest BCUT2D eigenvalue weighted by Gasteiger charge is 2.52. The molecule has 0 saturated heterocycles. The van der Waals surface area contributed by atoms with Crippen LogP contribution in [0.15, 0.2) is 4.99 Å². The van der Waals surface area contributed by atoms with E-state index >= 15 is 0 Å². The summed E-state index contributed by atoms with van der Waals surface area (Å²) in [5.41, 5.74) is 2.28. The molecule has 8 heteroatoms. The molecule has 8 nitrogen and oxygen atoms in total. The van der Waals surface area contributed by atoms with Crippen molar-refractivity contribution in [2.24, 2.45) is 10.7 Å². The van der Waals surface area contributed by atoms with Gasteiger partial charge in [-0.2, -0.15) is 0 Å². The molecule has 0 saturated carbocycles. The molecule has 0 aliphatic rings. The fourth-order valence-electron chi connectivity index (χ4n) is 2.87. The summed E-state index contributed by atoms with van der Waals surface area (Å²) in [6.45, 7) is 11.5. The Bertz CT molecular complexity index is 498. The monoisotopic (exact) mass is 403 g/mol. The highest BCUT2D eigenvalue weighted by molar-refractivity contribution is 5.90. The van der Waals surface area contributed by atoms with E-state index in [9.17, 15) is 9.90 Å². The van der Waals surface area contributed by atoms with Gasteiger partial charge >= 0.3 is 0 Å². The molecule has 0 aromatic rings. The molecule has 0 spiro atoms. The van der Waals surface area contributed by atoms with E-state index in [0.29, 0.717) is 13.1 Å². The van der Waals surface area contributed by atoms with E-state index in [4.69, 9.17) is 19.9 Å². The van der Waals surface area contributed by atoms with Crippen LogP contribution in [0.4, 0.5) is 0 Å². The summed E-state index contributed by atoms with van der Waals surface area (Å²) in [5.74, 6) is -0.398. The first kappa shape index (κ1) is 27.1. The van der Waals surface area contributed by atoms with Crippen molar-refractivity contribution in [3.63, 3.8) is 0 Å².